The quantitative estimate of drug-likeness (QED) is 0.902. The van der Waals surface area contributed by atoms with E-state index in [1.54, 1.807) is 0 Å². The highest BCUT2D eigenvalue weighted by Gasteiger charge is 2.19. The summed E-state index contributed by atoms with van der Waals surface area (Å²) in [5.41, 5.74) is 5.01. The van der Waals surface area contributed by atoms with Gasteiger partial charge in [0.1, 0.15) is 0 Å². The van der Waals surface area contributed by atoms with Gasteiger partial charge in [0.25, 0.3) is 0 Å². The SMILES string of the molecule is CCCNc1cncc(N2CCc3ccccc32)c1. The number of nitrogens with zero attached hydrogens (tertiary/aromatic N) is 2. The summed E-state index contributed by atoms with van der Waals surface area (Å²) in [5.74, 6) is 0. The molecule has 0 unspecified atom stereocenters. The molecule has 0 saturated carbocycles. The van der Waals surface area contributed by atoms with E-state index < -0.39 is 0 Å². The van der Waals surface area contributed by atoms with Gasteiger partial charge in [0.2, 0.25) is 0 Å². The fourth-order valence-electron chi connectivity index (χ4n) is 2.55. The Hall–Kier alpha value is -2.03. The lowest BCUT2D eigenvalue weighted by Gasteiger charge is -2.20. The Morgan fingerprint density at radius 1 is 1.26 bits per heavy atom. The van der Waals surface area contributed by atoms with Crippen LogP contribution in [0.1, 0.15) is 18.9 Å². The zero-order chi connectivity index (χ0) is 13.1. The van der Waals surface area contributed by atoms with Gasteiger partial charge in [0.15, 0.2) is 0 Å². The van der Waals surface area contributed by atoms with Crippen LogP contribution < -0.4 is 10.2 Å². The summed E-state index contributed by atoms with van der Waals surface area (Å²) in [7, 11) is 0. The van der Waals surface area contributed by atoms with Gasteiger partial charge >= 0.3 is 0 Å². The maximum absolute atomic E-state index is 4.35. The predicted octanol–water partition coefficient (Wildman–Crippen LogP) is 3.60. The second kappa shape index (κ2) is 5.31. The number of nitrogens with one attached hydrogen (secondary N) is 1. The van der Waals surface area contributed by atoms with E-state index in [0.29, 0.717) is 0 Å². The van der Waals surface area contributed by atoms with E-state index in [4.69, 9.17) is 0 Å². The van der Waals surface area contributed by atoms with E-state index in [0.717, 1.165) is 31.6 Å². The van der Waals surface area contributed by atoms with Gasteiger partial charge in [-0.2, -0.15) is 0 Å². The molecule has 2 aromatic rings. The Kier molecular flexibility index (Phi) is 3.36. The predicted molar refractivity (Wildman–Crippen MR) is 80.2 cm³/mol. The molecule has 1 aromatic carbocycles. The van der Waals surface area contributed by atoms with Crippen LogP contribution in [0, 0.1) is 0 Å². The third kappa shape index (κ3) is 2.41. The van der Waals surface area contributed by atoms with Crippen LogP contribution in [0.25, 0.3) is 0 Å². The van der Waals surface area contributed by atoms with Crippen LogP contribution in [0.5, 0.6) is 0 Å². The summed E-state index contributed by atoms with van der Waals surface area (Å²) in [6.45, 7) is 4.20. The number of rotatable bonds is 4. The van der Waals surface area contributed by atoms with Gasteiger partial charge in [0, 0.05) is 18.8 Å². The van der Waals surface area contributed by atoms with Crippen molar-refractivity contribution in [3.8, 4) is 0 Å². The van der Waals surface area contributed by atoms with Crippen LogP contribution in [0.4, 0.5) is 17.1 Å². The lowest BCUT2D eigenvalue weighted by Crippen LogP contribution is -2.14. The van der Waals surface area contributed by atoms with Crippen LogP contribution in [-0.4, -0.2) is 18.1 Å². The largest absolute Gasteiger partial charge is 0.384 e. The van der Waals surface area contributed by atoms with E-state index in [9.17, 15) is 0 Å². The zero-order valence-corrected chi connectivity index (χ0v) is 11.3. The standard InChI is InChI=1S/C16H19N3/c1-2-8-18-14-10-15(12-17-11-14)19-9-7-13-5-3-4-6-16(13)19/h3-6,10-12,18H,2,7-9H2,1H3. The molecule has 1 aliphatic heterocycles. The van der Waals surface area contributed by atoms with Gasteiger partial charge in [-0.3, -0.25) is 4.98 Å². The molecular weight excluding hydrogens is 234 g/mol. The molecule has 19 heavy (non-hydrogen) atoms. The number of benzene rings is 1. The van der Waals surface area contributed by atoms with Crippen molar-refractivity contribution in [3.05, 3.63) is 48.3 Å². The van der Waals surface area contributed by atoms with Crippen LogP contribution >= 0.6 is 0 Å². The van der Waals surface area contributed by atoms with Gasteiger partial charge in [-0.05, 0) is 30.5 Å². The molecule has 1 aromatic heterocycles. The van der Waals surface area contributed by atoms with Gasteiger partial charge in [-0.25, -0.2) is 0 Å². The molecule has 98 valence electrons. The molecule has 0 atom stereocenters. The minimum absolute atomic E-state index is 0.988. The molecule has 0 saturated heterocycles. The molecule has 3 rings (SSSR count). The number of anilines is 3. The zero-order valence-electron chi connectivity index (χ0n) is 11.3. The van der Waals surface area contributed by atoms with E-state index in [1.165, 1.54) is 16.9 Å². The van der Waals surface area contributed by atoms with Crippen LogP contribution in [0.15, 0.2) is 42.7 Å². The summed E-state index contributed by atoms with van der Waals surface area (Å²) in [6.07, 6.45) is 6.07. The number of hydrogen-bond donors (Lipinski definition) is 1. The first-order valence-corrected chi connectivity index (χ1v) is 6.93. The topological polar surface area (TPSA) is 28.2 Å². The van der Waals surface area contributed by atoms with Crippen molar-refractivity contribution < 1.29 is 0 Å². The fourth-order valence-corrected chi connectivity index (χ4v) is 2.55. The third-order valence-corrected chi connectivity index (χ3v) is 3.50. The Bertz CT molecular complexity index is 565. The molecule has 0 bridgehead atoms. The summed E-state index contributed by atoms with van der Waals surface area (Å²) < 4.78 is 0. The van der Waals surface area contributed by atoms with E-state index in [-0.39, 0.29) is 0 Å². The van der Waals surface area contributed by atoms with Crippen molar-refractivity contribution in [2.75, 3.05) is 23.3 Å². The van der Waals surface area contributed by atoms with Crippen molar-refractivity contribution in [2.24, 2.45) is 0 Å². The monoisotopic (exact) mass is 253 g/mol. The van der Waals surface area contributed by atoms with Crippen LogP contribution in [-0.2, 0) is 6.42 Å². The average molecular weight is 253 g/mol. The summed E-state index contributed by atoms with van der Waals surface area (Å²) >= 11 is 0. The summed E-state index contributed by atoms with van der Waals surface area (Å²) in [4.78, 5) is 6.70. The first-order valence-electron chi connectivity index (χ1n) is 6.93. The number of pyridine rings is 1. The van der Waals surface area contributed by atoms with Crippen molar-refractivity contribution in [1.82, 2.24) is 4.98 Å². The lowest BCUT2D eigenvalue weighted by atomic mass is 10.2. The van der Waals surface area contributed by atoms with Gasteiger partial charge in [-0.1, -0.05) is 25.1 Å². The number of hydrogen-bond acceptors (Lipinski definition) is 3. The number of aromatic nitrogens is 1. The first-order chi connectivity index (χ1) is 9.38. The average Bonchev–Trinajstić information content (AvgIpc) is 2.89. The van der Waals surface area contributed by atoms with E-state index in [2.05, 4.69) is 52.5 Å². The molecule has 3 nitrogen and oxygen atoms in total. The smallest absolute Gasteiger partial charge is 0.0618 e. The minimum Gasteiger partial charge on any atom is -0.384 e. The Morgan fingerprint density at radius 2 is 2.16 bits per heavy atom. The normalized spacial score (nSPS) is 13.4. The van der Waals surface area contributed by atoms with Crippen LogP contribution in [0.2, 0.25) is 0 Å². The maximum atomic E-state index is 4.35. The molecule has 0 amide bonds. The number of para-hydroxylation sites is 1. The molecule has 2 heterocycles. The summed E-state index contributed by atoms with van der Waals surface area (Å²) in [6, 6.07) is 10.8. The highest BCUT2D eigenvalue weighted by Crippen LogP contribution is 2.34. The molecule has 1 N–H and O–H groups in total. The minimum atomic E-state index is 0.988. The molecule has 1 aliphatic rings. The van der Waals surface area contributed by atoms with Gasteiger partial charge < -0.3 is 10.2 Å². The molecule has 0 aliphatic carbocycles. The maximum Gasteiger partial charge on any atom is 0.0618 e. The molecular formula is C16H19N3. The van der Waals surface area contributed by atoms with E-state index in [1.807, 2.05) is 12.4 Å². The molecule has 0 spiro atoms. The molecule has 0 radical (unpaired) electrons. The molecule has 3 heteroatoms. The second-order valence-corrected chi connectivity index (χ2v) is 4.89. The van der Waals surface area contributed by atoms with Crippen LogP contribution in [0.3, 0.4) is 0 Å². The lowest BCUT2D eigenvalue weighted by molar-refractivity contribution is 0.971. The van der Waals surface area contributed by atoms with Gasteiger partial charge in [0.05, 0.1) is 23.8 Å². The van der Waals surface area contributed by atoms with Crippen molar-refractivity contribution in [2.45, 2.75) is 19.8 Å². The van der Waals surface area contributed by atoms with Gasteiger partial charge in [-0.15, -0.1) is 0 Å². The highest BCUT2D eigenvalue weighted by atomic mass is 15.2. The Morgan fingerprint density at radius 3 is 3.05 bits per heavy atom. The fraction of sp³-hybridized carbons (Fsp3) is 0.312. The number of fused-ring (bicyclic) bond motifs is 1. The van der Waals surface area contributed by atoms with E-state index >= 15 is 0 Å². The second-order valence-electron chi connectivity index (χ2n) is 4.89. The Balaban J connectivity index is 1.87. The van der Waals surface area contributed by atoms with Crippen molar-refractivity contribution >= 4 is 17.1 Å². The van der Waals surface area contributed by atoms with Crippen molar-refractivity contribution in [1.29, 1.82) is 0 Å². The highest BCUT2D eigenvalue weighted by molar-refractivity contribution is 5.71. The molecule has 0 fully saturated rings. The summed E-state index contributed by atoms with van der Waals surface area (Å²) in [5, 5.41) is 3.39. The first kappa shape index (κ1) is 12.0. The Labute approximate surface area is 114 Å². The van der Waals surface area contributed by atoms with Crippen molar-refractivity contribution in [3.63, 3.8) is 0 Å². The third-order valence-electron chi connectivity index (χ3n) is 3.50.